The van der Waals surface area contributed by atoms with Crippen molar-refractivity contribution in [2.45, 2.75) is 6.10 Å². The van der Waals surface area contributed by atoms with Crippen LogP contribution in [0, 0.1) is 5.92 Å². The van der Waals surface area contributed by atoms with Gasteiger partial charge in [0.15, 0.2) is 0 Å². The van der Waals surface area contributed by atoms with Gasteiger partial charge in [-0.25, -0.2) is 4.79 Å². The average molecular weight is 292 g/mol. The Kier molecular flexibility index (Phi) is 3.09. The number of carbonyl (C=O) groups is 1. The van der Waals surface area contributed by atoms with Crippen LogP contribution in [0.3, 0.4) is 0 Å². The molecule has 110 valence electrons. The summed E-state index contributed by atoms with van der Waals surface area (Å²) in [6, 6.07) is 18.2. The van der Waals surface area contributed by atoms with E-state index in [0.717, 1.165) is 27.8 Å². The van der Waals surface area contributed by atoms with Gasteiger partial charge in [0.25, 0.3) is 0 Å². The van der Waals surface area contributed by atoms with E-state index in [1.54, 1.807) is 7.11 Å². The summed E-state index contributed by atoms with van der Waals surface area (Å²) >= 11 is 0. The van der Waals surface area contributed by atoms with Crippen LogP contribution >= 0.6 is 0 Å². The monoisotopic (exact) mass is 292 g/mol. The molecule has 1 saturated heterocycles. The van der Waals surface area contributed by atoms with Crippen LogP contribution in [0.4, 0.5) is 0 Å². The minimum atomic E-state index is -0.222. The van der Waals surface area contributed by atoms with Crippen molar-refractivity contribution in [3.63, 3.8) is 0 Å². The second kappa shape index (κ2) is 5.11. The van der Waals surface area contributed by atoms with Gasteiger partial charge in [-0.1, -0.05) is 54.6 Å². The predicted octanol–water partition coefficient (Wildman–Crippen LogP) is 3.36. The van der Waals surface area contributed by atoms with Gasteiger partial charge in [-0.15, -0.1) is 0 Å². The molecule has 1 fully saturated rings. The van der Waals surface area contributed by atoms with Crippen LogP contribution in [-0.4, -0.2) is 19.7 Å². The molecule has 0 N–H and O–H groups in total. The Morgan fingerprint density at radius 2 is 1.77 bits per heavy atom. The highest BCUT2D eigenvalue weighted by molar-refractivity contribution is 6.05. The predicted molar refractivity (Wildman–Crippen MR) is 83.1 cm³/mol. The van der Waals surface area contributed by atoms with Gasteiger partial charge in [0, 0.05) is 12.7 Å². The van der Waals surface area contributed by atoms with Crippen LogP contribution in [0.2, 0.25) is 0 Å². The van der Waals surface area contributed by atoms with Gasteiger partial charge >= 0.3 is 5.97 Å². The Bertz CT molecular complexity index is 761. The molecule has 0 aromatic heterocycles. The van der Waals surface area contributed by atoms with Crippen molar-refractivity contribution >= 4 is 11.5 Å². The molecular weight excluding hydrogens is 276 g/mol. The maximum atomic E-state index is 12.3. The second-order valence-corrected chi connectivity index (χ2v) is 5.60. The van der Waals surface area contributed by atoms with Crippen LogP contribution in [0.15, 0.2) is 60.2 Å². The lowest BCUT2D eigenvalue weighted by Crippen LogP contribution is -2.24. The van der Waals surface area contributed by atoms with Gasteiger partial charge in [0.1, 0.15) is 6.61 Å². The number of fused-ring (bicyclic) bond motifs is 2. The van der Waals surface area contributed by atoms with Crippen molar-refractivity contribution in [3.05, 3.63) is 76.9 Å². The fourth-order valence-electron chi connectivity index (χ4n) is 3.55. The van der Waals surface area contributed by atoms with E-state index >= 15 is 0 Å². The van der Waals surface area contributed by atoms with E-state index in [1.807, 2.05) is 42.5 Å². The number of carbonyl (C=O) groups excluding carboxylic acids is 1. The summed E-state index contributed by atoms with van der Waals surface area (Å²) in [5.74, 6) is -0.261. The normalized spacial score (nSPS) is 23.0. The Balaban J connectivity index is 2.03. The minimum absolute atomic E-state index is 0.0393. The molecule has 1 aliphatic carbocycles. The first kappa shape index (κ1) is 13.3. The summed E-state index contributed by atoms with van der Waals surface area (Å²) in [7, 11) is 1.69. The number of benzene rings is 2. The van der Waals surface area contributed by atoms with Crippen molar-refractivity contribution < 1.29 is 14.3 Å². The molecule has 0 spiro atoms. The third-order valence-electron chi connectivity index (χ3n) is 4.47. The molecule has 1 aliphatic heterocycles. The Labute approximate surface area is 129 Å². The van der Waals surface area contributed by atoms with Gasteiger partial charge in [0.05, 0.1) is 17.6 Å². The standard InChI is InChI=1S/C19H16O3/c1-21-18-14-10-6-5-9-13(14)16(12-7-3-2-4-8-12)17-15(18)11-22-19(17)20/h2-10,15,18H,11H2,1H3/t15-,18+/m0/s1. The summed E-state index contributed by atoms with van der Waals surface area (Å²) in [5.41, 5.74) is 4.96. The van der Waals surface area contributed by atoms with Crippen molar-refractivity contribution in [2.75, 3.05) is 13.7 Å². The molecule has 22 heavy (non-hydrogen) atoms. The van der Waals surface area contributed by atoms with Gasteiger partial charge < -0.3 is 9.47 Å². The van der Waals surface area contributed by atoms with Crippen molar-refractivity contribution in [1.29, 1.82) is 0 Å². The highest BCUT2D eigenvalue weighted by Crippen LogP contribution is 2.48. The van der Waals surface area contributed by atoms with E-state index in [2.05, 4.69) is 12.1 Å². The van der Waals surface area contributed by atoms with Crippen LogP contribution in [0.25, 0.3) is 5.57 Å². The third-order valence-corrected chi connectivity index (χ3v) is 4.47. The van der Waals surface area contributed by atoms with Crippen LogP contribution in [0.1, 0.15) is 22.8 Å². The fourth-order valence-corrected chi connectivity index (χ4v) is 3.55. The first-order chi connectivity index (χ1) is 10.8. The minimum Gasteiger partial charge on any atom is -0.462 e. The van der Waals surface area contributed by atoms with E-state index < -0.39 is 0 Å². The molecule has 2 aliphatic rings. The highest BCUT2D eigenvalue weighted by Gasteiger charge is 2.44. The Morgan fingerprint density at radius 1 is 1.05 bits per heavy atom. The van der Waals surface area contributed by atoms with Crippen molar-refractivity contribution in [2.24, 2.45) is 5.92 Å². The number of ether oxygens (including phenoxy) is 2. The average Bonchev–Trinajstić information content (AvgIpc) is 2.95. The third kappa shape index (κ3) is 1.82. The van der Waals surface area contributed by atoms with Gasteiger partial charge in [0.2, 0.25) is 0 Å². The van der Waals surface area contributed by atoms with E-state index in [4.69, 9.17) is 9.47 Å². The number of cyclic esters (lactones) is 1. The first-order valence-corrected chi connectivity index (χ1v) is 7.40. The molecule has 0 saturated carbocycles. The van der Waals surface area contributed by atoms with E-state index in [1.165, 1.54) is 0 Å². The molecule has 3 nitrogen and oxygen atoms in total. The molecule has 2 atom stereocenters. The topological polar surface area (TPSA) is 35.5 Å². The van der Waals surface area contributed by atoms with Crippen LogP contribution < -0.4 is 0 Å². The molecule has 3 heteroatoms. The molecule has 0 amide bonds. The summed E-state index contributed by atoms with van der Waals surface area (Å²) in [6.45, 7) is 0.386. The number of rotatable bonds is 2. The Hall–Kier alpha value is -2.39. The fraction of sp³-hybridized carbons (Fsp3) is 0.211. The summed E-state index contributed by atoms with van der Waals surface area (Å²) in [6.07, 6.45) is -0.134. The van der Waals surface area contributed by atoms with Crippen LogP contribution in [-0.2, 0) is 14.3 Å². The molecule has 0 radical (unpaired) electrons. The molecule has 4 rings (SSSR count). The molecule has 0 unspecified atom stereocenters. The Morgan fingerprint density at radius 3 is 2.55 bits per heavy atom. The maximum absolute atomic E-state index is 12.3. The maximum Gasteiger partial charge on any atom is 0.335 e. The molecule has 0 bridgehead atoms. The largest absolute Gasteiger partial charge is 0.462 e. The number of hydrogen-bond acceptors (Lipinski definition) is 3. The van der Waals surface area contributed by atoms with Gasteiger partial charge in [-0.05, 0) is 16.7 Å². The number of methoxy groups -OCH3 is 1. The number of hydrogen-bond donors (Lipinski definition) is 0. The number of esters is 1. The van der Waals surface area contributed by atoms with E-state index in [9.17, 15) is 4.79 Å². The van der Waals surface area contributed by atoms with E-state index in [0.29, 0.717) is 6.61 Å². The second-order valence-electron chi connectivity index (χ2n) is 5.60. The lowest BCUT2D eigenvalue weighted by Gasteiger charge is -2.31. The molecule has 2 aromatic carbocycles. The van der Waals surface area contributed by atoms with Crippen molar-refractivity contribution in [1.82, 2.24) is 0 Å². The van der Waals surface area contributed by atoms with Gasteiger partial charge in [-0.3, -0.25) is 0 Å². The first-order valence-electron chi connectivity index (χ1n) is 7.40. The summed E-state index contributed by atoms with van der Waals surface area (Å²) in [5, 5.41) is 0. The summed E-state index contributed by atoms with van der Waals surface area (Å²) < 4.78 is 11.0. The molecular formula is C19H16O3. The zero-order valence-corrected chi connectivity index (χ0v) is 12.3. The SMILES string of the molecule is CO[C@@H]1c2ccccc2C(c2ccccc2)=C2C(=O)OC[C@@H]21. The van der Waals surface area contributed by atoms with Crippen LogP contribution in [0.5, 0.6) is 0 Å². The lowest BCUT2D eigenvalue weighted by molar-refractivity contribution is -0.135. The zero-order valence-electron chi connectivity index (χ0n) is 12.3. The summed E-state index contributed by atoms with van der Waals surface area (Å²) in [4.78, 5) is 12.3. The molecule has 1 heterocycles. The smallest absolute Gasteiger partial charge is 0.335 e. The van der Waals surface area contributed by atoms with Crippen molar-refractivity contribution in [3.8, 4) is 0 Å². The molecule has 2 aromatic rings. The van der Waals surface area contributed by atoms with Gasteiger partial charge in [-0.2, -0.15) is 0 Å². The zero-order chi connectivity index (χ0) is 15.1. The van der Waals surface area contributed by atoms with E-state index in [-0.39, 0.29) is 18.0 Å². The highest BCUT2D eigenvalue weighted by atomic mass is 16.5. The lowest BCUT2D eigenvalue weighted by atomic mass is 9.75. The quantitative estimate of drug-likeness (QED) is 0.796.